The zero-order valence-corrected chi connectivity index (χ0v) is 32.2. The van der Waals surface area contributed by atoms with Gasteiger partial charge in [-0.2, -0.15) is 0 Å². The topological polar surface area (TPSA) is 114 Å². The summed E-state index contributed by atoms with van der Waals surface area (Å²) in [5.41, 5.74) is 1.12. The van der Waals surface area contributed by atoms with Gasteiger partial charge in [0, 0.05) is 25.7 Å². The maximum Gasteiger partial charge on any atom is 0.322 e. The minimum atomic E-state index is -0.818. The summed E-state index contributed by atoms with van der Waals surface area (Å²) in [7, 11) is 0. The first-order valence-corrected chi connectivity index (χ1v) is 19.6. The van der Waals surface area contributed by atoms with E-state index >= 15 is 0 Å². The van der Waals surface area contributed by atoms with Crippen LogP contribution in [0.2, 0.25) is 0 Å². The highest BCUT2D eigenvalue weighted by molar-refractivity contribution is 9.11. The van der Waals surface area contributed by atoms with Gasteiger partial charge in [-0.05, 0) is 83.7 Å². The molecule has 6 rings (SSSR count). The molecule has 3 unspecified atom stereocenters. The molecule has 0 amide bonds. The molecule has 0 N–H and O–H groups in total. The van der Waals surface area contributed by atoms with Crippen LogP contribution in [0.25, 0.3) is 20.4 Å². The van der Waals surface area contributed by atoms with Crippen LogP contribution < -0.4 is 0 Å². The third-order valence-corrected chi connectivity index (χ3v) is 13.8. The molecule has 0 saturated heterocycles. The van der Waals surface area contributed by atoms with Crippen molar-refractivity contribution in [2.45, 2.75) is 60.3 Å². The van der Waals surface area contributed by atoms with Crippen molar-refractivity contribution in [1.29, 1.82) is 0 Å². The molecule has 10 nitrogen and oxygen atoms in total. The molecular formula is C31H30Br2N6O4S4. The fourth-order valence-electron chi connectivity index (χ4n) is 4.75. The van der Waals surface area contributed by atoms with E-state index < -0.39 is 10.00 Å². The van der Waals surface area contributed by atoms with Crippen LogP contribution in [0.4, 0.5) is 0 Å². The number of ether oxygens (including phenoxy) is 2. The van der Waals surface area contributed by atoms with Gasteiger partial charge in [0.2, 0.25) is 0 Å². The van der Waals surface area contributed by atoms with Crippen molar-refractivity contribution in [3.05, 3.63) is 68.9 Å². The third-order valence-electron chi connectivity index (χ3n) is 7.34. The number of benzene rings is 1. The molecule has 5 aromatic rings. The van der Waals surface area contributed by atoms with E-state index in [9.17, 15) is 9.59 Å². The fourth-order valence-corrected chi connectivity index (χ4v) is 10.6. The first kappa shape index (κ1) is 34.4. The number of hydrogen-bond donors (Lipinski definition) is 0. The number of aromatic nitrogens is 6. The number of thioether (sulfide) groups is 2. The molecule has 0 radical (unpaired) electrons. The van der Waals surface area contributed by atoms with Gasteiger partial charge in [0.1, 0.15) is 32.7 Å². The number of hydrogen-bond acceptors (Lipinski definition) is 12. The Bertz CT molecular complexity index is 1890. The number of thiophene rings is 2. The molecular weight excluding hydrogens is 808 g/mol. The summed E-state index contributed by atoms with van der Waals surface area (Å²) < 4.78 is 16.0. The Kier molecular flexibility index (Phi) is 10.6. The maximum atomic E-state index is 13.0. The second-order valence-electron chi connectivity index (χ2n) is 11.2. The van der Waals surface area contributed by atoms with Gasteiger partial charge in [0.15, 0.2) is 10.3 Å². The quantitative estimate of drug-likeness (QED) is 0.0846. The molecule has 0 aliphatic heterocycles. The minimum Gasteiger partial charge on any atom is -0.465 e. The molecule has 16 heteroatoms. The minimum absolute atomic E-state index is 0.236. The second-order valence-corrected chi connectivity index (χ2v) is 17.9. The molecule has 1 aliphatic rings. The Labute approximate surface area is 305 Å². The van der Waals surface area contributed by atoms with Gasteiger partial charge in [-0.25, -0.2) is 0 Å². The predicted octanol–water partition coefficient (Wildman–Crippen LogP) is 8.42. The molecule has 4 heterocycles. The van der Waals surface area contributed by atoms with Gasteiger partial charge < -0.3 is 9.47 Å². The Morgan fingerprint density at radius 1 is 1.00 bits per heavy atom. The van der Waals surface area contributed by atoms with E-state index in [-0.39, 0.29) is 23.8 Å². The van der Waals surface area contributed by atoms with Gasteiger partial charge in [-0.15, -0.1) is 43.1 Å². The molecule has 1 saturated carbocycles. The summed E-state index contributed by atoms with van der Waals surface area (Å²) >= 11 is 13.3. The average molecular weight is 839 g/mol. The zero-order valence-electron chi connectivity index (χ0n) is 25.8. The van der Waals surface area contributed by atoms with Crippen molar-refractivity contribution >= 4 is 90.0 Å². The highest BCUT2D eigenvalue weighted by Crippen LogP contribution is 2.53. The van der Waals surface area contributed by atoms with E-state index in [2.05, 4.69) is 64.4 Å². The van der Waals surface area contributed by atoms with Crippen LogP contribution in [-0.2, 0) is 19.1 Å². The van der Waals surface area contributed by atoms with Crippen molar-refractivity contribution in [3.8, 4) is 20.4 Å². The number of esters is 2. The Hall–Kier alpha value is -2.50. The molecule has 47 heavy (non-hydrogen) atoms. The second kappa shape index (κ2) is 14.5. The lowest BCUT2D eigenvalue weighted by molar-refractivity contribution is -0.145. The molecule has 246 valence electrons. The summed E-state index contributed by atoms with van der Waals surface area (Å²) in [5.74, 6) is -0.0683. The summed E-state index contributed by atoms with van der Waals surface area (Å²) in [6.07, 6.45) is 4.24. The van der Waals surface area contributed by atoms with Crippen LogP contribution in [0.15, 0.2) is 74.4 Å². The largest absolute Gasteiger partial charge is 0.465 e. The van der Waals surface area contributed by atoms with E-state index in [0.717, 1.165) is 35.8 Å². The first-order chi connectivity index (χ1) is 22.6. The monoisotopic (exact) mass is 836 g/mol. The summed E-state index contributed by atoms with van der Waals surface area (Å²) in [4.78, 5) is 27.8. The maximum absolute atomic E-state index is 13.0. The number of halogens is 2. The Morgan fingerprint density at radius 3 is 2.38 bits per heavy atom. The highest BCUT2D eigenvalue weighted by atomic mass is 79.9. The SMILES string of the molecule is CCOC(=O)C(C)(C)Sc1nncn1-c1cc(Br)c(C2CC2COC(=O)C(C)Sc2nncn2-c2cc(Br)c(-c3ccccc3)s2)s1. The number of nitrogens with zero attached hydrogens (tertiary/aromatic N) is 6. The third kappa shape index (κ3) is 7.72. The molecule has 3 atom stereocenters. The van der Waals surface area contributed by atoms with E-state index in [1.54, 1.807) is 42.3 Å². The number of carbonyl (C=O) groups is 2. The van der Waals surface area contributed by atoms with Crippen LogP contribution >= 0.6 is 78.1 Å². The van der Waals surface area contributed by atoms with E-state index in [0.29, 0.717) is 23.5 Å². The van der Waals surface area contributed by atoms with Crippen LogP contribution in [0.5, 0.6) is 0 Å². The normalized spacial score (nSPS) is 16.6. The van der Waals surface area contributed by atoms with Crippen molar-refractivity contribution < 1.29 is 19.1 Å². The Morgan fingerprint density at radius 2 is 1.66 bits per heavy atom. The zero-order chi connectivity index (χ0) is 33.3. The smallest absolute Gasteiger partial charge is 0.322 e. The van der Waals surface area contributed by atoms with Crippen LogP contribution in [0, 0.1) is 5.92 Å². The average Bonchev–Trinajstić information content (AvgIpc) is 3.46. The van der Waals surface area contributed by atoms with Crippen molar-refractivity contribution in [1.82, 2.24) is 29.5 Å². The van der Waals surface area contributed by atoms with Crippen molar-refractivity contribution in [3.63, 3.8) is 0 Å². The van der Waals surface area contributed by atoms with Gasteiger partial charge >= 0.3 is 11.9 Å². The van der Waals surface area contributed by atoms with Gasteiger partial charge in [0.25, 0.3) is 0 Å². The fraction of sp³-hybridized carbons (Fsp3) is 0.355. The molecule has 0 bridgehead atoms. The molecule has 1 aromatic carbocycles. The number of carbonyl (C=O) groups excluding carboxylic acids is 2. The van der Waals surface area contributed by atoms with Crippen molar-refractivity contribution in [2.75, 3.05) is 13.2 Å². The lowest BCUT2D eigenvalue weighted by Gasteiger charge is -2.20. The van der Waals surface area contributed by atoms with E-state index in [1.165, 1.54) is 28.4 Å². The van der Waals surface area contributed by atoms with Gasteiger partial charge in [0.05, 0.1) is 18.1 Å². The lowest BCUT2D eigenvalue weighted by Crippen LogP contribution is -2.30. The Balaban J connectivity index is 1.05. The first-order valence-electron chi connectivity index (χ1n) is 14.7. The van der Waals surface area contributed by atoms with Crippen molar-refractivity contribution in [2.24, 2.45) is 5.92 Å². The molecule has 4 aromatic heterocycles. The van der Waals surface area contributed by atoms with E-state index in [1.807, 2.05) is 60.2 Å². The predicted molar refractivity (Wildman–Crippen MR) is 193 cm³/mol. The van der Waals surface area contributed by atoms with Crippen LogP contribution in [0.1, 0.15) is 44.9 Å². The van der Waals surface area contributed by atoms with Crippen LogP contribution in [-0.4, -0.2) is 64.7 Å². The summed E-state index contributed by atoms with van der Waals surface area (Å²) in [6.45, 7) is 7.92. The summed E-state index contributed by atoms with van der Waals surface area (Å²) in [5, 5.41) is 19.4. The summed E-state index contributed by atoms with van der Waals surface area (Å²) in [6, 6.07) is 14.2. The van der Waals surface area contributed by atoms with Gasteiger partial charge in [-0.3, -0.25) is 18.7 Å². The van der Waals surface area contributed by atoms with Gasteiger partial charge in [-0.1, -0.05) is 53.9 Å². The van der Waals surface area contributed by atoms with E-state index in [4.69, 9.17) is 9.47 Å². The molecule has 1 aliphatic carbocycles. The molecule has 1 fully saturated rings. The van der Waals surface area contributed by atoms with Crippen LogP contribution in [0.3, 0.4) is 0 Å². The number of rotatable bonds is 13. The lowest BCUT2D eigenvalue weighted by atomic mass is 10.2. The standard InChI is InChI=1S/C31H30Br2N6O4S4/c1-5-42-28(41)31(3,4)47-30-37-35-16-39(30)24-13-22(33)26(46-24)20-11-19(20)14-43-27(40)17(2)44-29-36-34-15-38(29)23-12-21(32)25(45-23)18-9-7-6-8-10-18/h6-10,12-13,15-17,19-20H,5,11,14H2,1-4H3. The molecule has 0 spiro atoms. The highest BCUT2D eigenvalue weighted by Gasteiger charge is 2.42.